The van der Waals surface area contributed by atoms with Crippen LogP contribution in [-0.4, -0.2) is 37.0 Å². The molecule has 138 valence electrons. The summed E-state index contributed by atoms with van der Waals surface area (Å²) in [5, 5.41) is 6.17. The second-order valence-electron chi connectivity index (χ2n) is 7.21. The summed E-state index contributed by atoms with van der Waals surface area (Å²) in [5.74, 6) is 0.494. The number of nitrogens with one attached hydrogen (secondary N) is 2. The predicted molar refractivity (Wildman–Crippen MR) is 102 cm³/mol. The number of rotatable bonds is 6. The molecule has 2 N–H and O–H groups in total. The van der Waals surface area contributed by atoms with Gasteiger partial charge in [-0.1, -0.05) is 32.9 Å². The SMILES string of the molecule is CCC(=O)NC1CCN(c2ccccc2C(=O)N[C@@H](C)C(C)C)CC1. The Morgan fingerprint density at radius 3 is 2.40 bits per heavy atom. The van der Waals surface area contributed by atoms with Crippen LogP contribution in [0.25, 0.3) is 0 Å². The Bertz CT molecular complexity index is 592. The lowest BCUT2D eigenvalue weighted by Gasteiger charge is -2.35. The highest BCUT2D eigenvalue weighted by atomic mass is 16.2. The van der Waals surface area contributed by atoms with Crippen LogP contribution < -0.4 is 15.5 Å². The Labute approximate surface area is 151 Å². The van der Waals surface area contributed by atoms with Gasteiger partial charge in [-0.15, -0.1) is 0 Å². The van der Waals surface area contributed by atoms with Crippen molar-refractivity contribution in [2.24, 2.45) is 5.92 Å². The fraction of sp³-hybridized carbons (Fsp3) is 0.600. The largest absolute Gasteiger partial charge is 0.371 e. The first-order valence-electron chi connectivity index (χ1n) is 9.36. The minimum Gasteiger partial charge on any atom is -0.371 e. The average Bonchev–Trinajstić information content (AvgIpc) is 2.62. The zero-order chi connectivity index (χ0) is 18.4. The summed E-state index contributed by atoms with van der Waals surface area (Å²) in [5.41, 5.74) is 1.71. The summed E-state index contributed by atoms with van der Waals surface area (Å²) in [4.78, 5) is 26.5. The first-order valence-corrected chi connectivity index (χ1v) is 9.36. The number of carbonyl (C=O) groups excluding carboxylic acids is 2. The first-order chi connectivity index (χ1) is 11.9. The quantitative estimate of drug-likeness (QED) is 0.833. The van der Waals surface area contributed by atoms with Gasteiger partial charge in [0.2, 0.25) is 5.91 Å². The van der Waals surface area contributed by atoms with Crippen LogP contribution in [0, 0.1) is 5.92 Å². The number of para-hydroxylation sites is 1. The van der Waals surface area contributed by atoms with E-state index in [1.54, 1.807) is 0 Å². The van der Waals surface area contributed by atoms with Crippen molar-refractivity contribution >= 4 is 17.5 Å². The van der Waals surface area contributed by atoms with E-state index in [4.69, 9.17) is 0 Å². The zero-order valence-electron chi connectivity index (χ0n) is 15.8. The number of amides is 2. The molecule has 2 rings (SSSR count). The van der Waals surface area contributed by atoms with Gasteiger partial charge in [0.05, 0.1) is 5.56 Å². The van der Waals surface area contributed by atoms with Crippen LogP contribution in [-0.2, 0) is 4.79 Å². The van der Waals surface area contributed by atoms with E-state index < -0.39 is 0 Å². The number of hydrogen-bond acceptors (Lipinski definition) is 3. The highest BCUT2D eigenvalue weighted by Gasteiger charge is 2.24. The summed E-state index contributed by atoms with van der Waals surface area (Å²) < 4.78 is 0. The second-order valence-corrected chi connectivity index (χ2v) is 7.21. The maximum absolute atomic E-state index is 12.7. The minimum absolute atomic E-state index is 0.0155. The Morgan fingerprint density at radius 1 is 1.16 bits per heavy atom. The maximum atomic E-state index is 12.7. The van der Waals surface area contributed by atoms with Crippen molar-refractivity contribution in [1.29, 1.82) is 0 Å². The van der Waals surface area contributed by atoms with Crippen molar-refractivity contribution in [2.75, 3.05) is 18.0 Å². The molecule has 25 heavy (non-hydrogen) atoms. The van der Waals surface area contributed by atoms with E-state index in [-0.39, 0.29) is 23.9 Å². The Balaban J connectivity index is 2.04. The van der Waals surface area contributed by atoms with E-state index in [1.165, 1.54) is 0 Å². The number of nitrogens with zero attached hydrogens (tertiary/aromatic N) is 1. The molecule has 0 aromatic heterocycles. The summed E-state index contributed by atoms with van der Waals surface area (Å²) in [6.45, 7) is 9.81. The summed E-state index contributed by atoms with van der Waals surface area (Å²) in [6, 6.07) is 8.17. The van der Waals surface area contributed by atoms with Crippen LogP contribution in [0.1, 0.15) is 57.3 Å². The van der Waals surface area contributed by atoms with E-state index in [1.807, 2.05) is 38.1 Å². The highest BCUT2D eigenvalue weighted by molar-refractivity contribution is 6.00. The van der Waals surface area contributed by atoms with Crippen LogP contribution in [0.3, 0.4) is 0 Å². The third kappa shape index (κ3) is 5.21. The van der Waals surface area contributed by atoms with Crippen molar-refractivity contribution < 1.29 is 9.59 Å². The van der Waals surface area contributed by atoms with Crippen molar-refractivity contribution in [3.8, 4) is 0 Å². The second kappa shape index (κ2) is 8.88. The molecule has 1 aromatic carbocycles. The number of carbonyl (C=O) groups is 2. The smallest absolute Gasteiger partial charge is 0.253 e. The molecule has 1 fully saturated rings. The lowest BCUT2D eigenvalue weighted by Crippen LogP contribution is -2.45. The summed E-state index contributed by atoms with van der Waals surface area (Å²) >= 11 is 0. The summed E-state index contributed by atoms with van der Waals surface area (Å²) in [6.07, 6.45) is 2.34. The van der Waals surface area contributed by atoms with Gasteiger partial charge >= 0.3 is 0 Å². The Kier molecular flexibility index (Phi) is 6.85. The van der Waals surface area contributed by atoms with Crippen LogP contribution >= 0.6 is 0 Å². The molecule has 5 heteroatoms. The molecule has 0 spiro atoms. The van der Waals surface area contributed by atoms with E-state index in [0.717, 1.165) is 37.2 Å². The van der Waals surface area contributed by atoms with Gasteiger partial charge in [0.25, 0.3) is 5.91 Å². The van der Waals surface area contributed by atoms with Crippen molar-refractivity contribution in [3.05, 3.63) is 29.8 Å². The Hall–Kier alpha value is -2.04. The van der Waals surface area contributed by atoms with E-state index in [0.29, 0.717) is 12.3 Å². The van der Waals surface area contributed by atoms with Gasteiger partial charge in [0, 0.05) is 37.3 Å². The molecular formula is C20H31N3O2. The van der Waals surface area contributed by atoms with Crippen LogP contribution in [0.2, 0.25) is 0 Å². The van der Waals surface area contributed by atoms with Gasteiger partial charge < -0.3 is 15.5 Å². The molecule has 1 heterocycles. The van der Waals surface area contributed by atoms with Crippen molar-refractivity contribution in [1.82, 2.24) is 10.6 Å². The van der Waals surface area contributed by atoms with Crippen molar-refractivity contribution in [3.63, 3.8) is 0 Å². The molecule has 1 aliphatic heterocycles. The van der Waals surface area contributed by atoms with Crippen LogP contribution in [0.15, 0.2) is 24.3 Å². The lowest BCUT2D eigenvalue weighted by atomic mass is 10.0. The molecule has 0 unspecified atom stereocenters. The van der Waals surface area contributed by atoms with Gasteiger partial charge in [-0.05, 0) is 37.8 Å². The van der Waals surface area contributed by atoms with Gasteiger partial charge in [-0.2, -0.15) is 0 Å². The third-order valence-corrected chi connectivity index (χ3v) is 5.03. The average molecular weight is 345 g/mol. The fourth-order valence-electron chi connectivity index (χ4n) is 2.99. The van der Waals surface area contributed by atoms with Crippen LogP contribution in [0.5, 0.6) is 0 Å². The zero-order valence-corrected chi connectivity index (χ0v) is 15.8. The van der Waals surface area contributed by atoms with Gasteiger partial charge in [0.15, 0.2) is 0 Å². The maximum Gasteiger partial charge on any atom is 0.253 e. The molecular weight excluding hydrogens is 314 g/mol. The fourth-order valence-corrected chi connectivity index (χ4v) is 2.99. The molecule has 0 radical (unpaired) electrons. The van der Waals surface area contributed by atoms with Crippen LogP contribution in [0.4, 0.5) is 5.69 Å². The lowest BCUT2D eigenvalue weighted by molar-refractivity contribution is -0.121. The molecule has 5 nitrogen and oxygen atoms in total. The molecule has 0 aliphatic carbocycles. The van der Waals surface area contributed by atoms with E-state index >= 15 is 0 Å². The first kappa shape index (κ1) is 19.3. The molecule has 1 saturated heterocycles. The monoisotopic (exact) mass is 345 g/mol. The number of hydrogen-bond donors (Lipinski definition) is 2. The van der Waals surface area contributed by atoms with Gasteiger partial charge in [-0.3, -0.25) is 9.59 Å². The summed E-state index contributed by atoms with van der Waals surface area (Å²) in [7, 11) is 0. The van der Waals surface area contributed by atoms with Crippen molar-refractivity contribution in [2.45, 2.75) is 59.0 Å². The molecule has 0 bridgehead atoms. The Morgan fingerprint density at radius 2 is 1.80 bits per heavy atom. The van der Waals surface area contributed by atoms with E-state index in [2.05, 4.69) is 29.4 Å². The number of piperidine rings is 1. The predicted octanol–water partition coefficient (Wildman–Crippen LogP) is 2.96. The molecule has 2 amide bonds. The molecule has 1 aromatic rings. The normalized spacial score (nSPS) is 16.6. The molecule has 1 atom stereocenters. The van der Waals surface area contributed by atoms with Gasteiger partial charge in [-0.25, -0.2) is 0 Å². The third-order valence-electron chi connectivity index (χ3n) is 5.03. The topological polar surface area (TPSA) is 61.4 Å². The standard InChI is InChI=1S/C20H31N3O2/c1-5-19(24)22-16-10-12-23(13-11-16)18-9-7-6-8-17(18)20(25)21-15(4)14(2)3/h6-9,14-16H,5,10-13H2,1-4H3,(H,21,25)(H,22,24)/t15-/m0/s1. The number of anilines is 1. The molecule has 1 aliphatic rings. The molecule has 0 saturated carbocycles. The van der Waals surface area contributed by atoms with E-state index in [9.17, 15) is 9.59 Å². The minimum atomic E-state index is -0.0155. The van der Waals surface area contributed by atoms with Gasteiger partial charge in [0.1, 0.15) is 0 Å². The highest BCUT2D eigenvalue weighted by Crippen LogP contribution is 2.24. The number of benzene rings is 1.